The van der Waals surface area contributed by atoms with Gasteiger partial charge < -0.3 is 19.4 Å². The van der Waals surface area contributed by atoms with Crippen LogP contribution in [0.15, 0.2) is 73.1 Å². The highest BCUT2D eigenvalue weighted by molar-refractivity contribution is 5.96. The number of nitrogens with zero attached hydrogens (tertiary/aromatic N) is 5. The van der Waals surface area contributed by atoms with Gasteiger partial charge in [0.05, 0.1) is 24.4 Å². The van der Waals surface area contributed by atoms with Crippen molar-refractivity contribution in [1.82, 2.24) is 24.5 Å². The fourth-order valence-electron chi connectivity index (χ4n) is 4.73. The largest absolute Gasteiger partial charge is 0.365 e. The smallest absolute Gasteiger partial charge is 0.257 e. The Morgan fingerprint density at radius 3 is 2.31 bits per heavy atom. The molecule has 9 nitrogen and oxygen atoms in total. The summed E-state index contributed by atoms with van der Waals surface area (Å²) in [5, 5.41) is 4.36. The van der Waals surface area contributed by atoms with Crippen LogP contribution in [0.5, 0.6) is 0 Å². The Kier molecular flexibility index (Phi) is 9.85. The molecule has 2 heterocycles. The van der Waals surface area contributed by atoms with Crippen LogP contribution in [0.25, 0.3) is 0 Å². The molecule has 39 heavy (non-hydrogen) atoms. The minimum Gasteiger partial charge on any atom is -0.365 e. The number of ether oxygens (including phenoxy) is 1. The van der Waals surface area contributed by atoms with Gasteiger partial charge in [-0.05, 0) is 31.4 Å². The molecule has 206 valence electrons. The molecule has 1 saturated heterocycles. The molecule has 9 heteroatoms. The lowest BCUT2D eigenvalue weighted by Crippen LogP contribution is -2.41. The van der Waals surface area contributed by atoms with Crippen molar-refractivity contribution in [3.63, 3.8) is 0 Å². The van der Waals surface area contributed by atoms with Gasteiger partial charge in [-0.2, -0.15) is 5.10 Å². The van der Waals surface area contributed by atoms with Crippen LogP contribution in [0.2, 0.25) is 0 Å². The van der Waals surface area contributed by atoms with Gasteiger partial charge in [0, 0.05) is 38.9 Å². The van der Waals surface area contributed by atoms with E-state index in [1.54, 1.807) is 20.7 Å². The molecule has 0 radical (unpaired) electrons. The molecular formula is C30H37N5O4. The van der Waals surface area contributed by atoms with Gasteiger partial charge in [-0.15, -0.1) is 0 Å². The number of amides is 3. The van der Waals surface area contributed by atoms with E-state index in [0.29, 0.717) is 44.7 Å². The van der Waals surface area contributed by atoms with Crippen molar-refractivity contribution < 1.29 is 19.1 Å². The Balaban J connectivity index is 1.47. The number of aromatic nitrogens is 2. The fraction of sp³-hybridized carbons (Fsp3) is 0.400. The molecule has 0 spiro atoms. The number of likely N-dealkylation sites (N-methyl/N-ethyl adjacent to an activating group) is 1. The maximum atomic E-state index is 13.5. The zero-order valence-electron chi connectivity index (χ0n) is 22.7. The summed E-state index contributed by atoms with van der Waals surface area (Å²) in [7, 11) is 0. The molecule has 0 bridgehead atoms. The molecular weight excluding hydrogens is 494 g/mol. The van der Waals surface area contributed by atoms with E-state index in [0.717, 1.165) is 11.1 Å². The van der Waals surface area contributed by atoms with Crippen LogP contribution in [0, 0.1) is 0 Å². The molecule has 1 aliphatic heterocycles. The monoisotopic (exact) mass is 531 g/mol. The van der Waals surface area contributed by atoms with Gasteiger partial charge in [0.25, 0.3) is 5.91 Å². The second-order valence-corrected chi connectivity index (χ2v) is 9.67. The quantitative estimate of drug-likeness (QED) is 0.380. The normalized spacial score (nSPS) is 15.7. The maximum absolute atomic E-state index is 13.5. The third kappa shape index (κ3) is 7.77. The van der Waals surface area contributed by atoms with Crippen molar-refractivity contribution in [2.75, 3.05) is 45.9 Å². The summed E-state index contributed by atoms with van der Waals surface area (Å²) in [6.45, 7) is 6.47. The molecule has 1 aromatic heterocycles. The average molecular weight is 532 g/mol. The molecule has 2 aromatic carbocycles. The number of carbonyl (C=O) groups is 3. The van der Waals surface area contributed by atoms with Crippen LogP contribution in [-0.2, 0) is 27.3 Å². The third-order valence-corrected chi connectivity index (χ3v) is 6.95. The Hall–Kier alpha value is -3.98. The molecule has 1 aliphatic rings. The number of carbonyl (C=O) groups excluding carboxylic acids is 3. The number of benzene rings is 2. The van der Waals surface area contributed by atoms with Crippen LogP contribution in [-0.4, -0.2) is 94.2 Å². The molecule has 1 atom stereocenters. The van der Waals surface area contributed by atoms with Gasteiger partial charge in [0.2, 0.25) is 11.8 Å². The lowest BCUT2D eigenvalue weighted by molar-refractivity contribution is -0.138. The minimum atomic E-state index is -0.491. The van der Waals surface area contributed by atoms with Crippen LogP contribution in [0.1, 0.15) is 35.3 Å². The first-order valence-electron chi connectivity index (χ1n) is 13.5. The van der Waals surface area contributed by atoms with Crippen molar-refractivity contribution in [1.29, 1.82) is 0 Å². The summed E-state index contributed by atoms with van der Waals surface area (Å²) >= 11 is 0. The predicted octanol–water partition coefficient (Wildman–Crippen LogP) is 2.71. The minimum absolute atomic E-state index is 0.0542. The van der Waals surface area contributed by atoms with E-state index in [-0.39, 0.29) is 37.4 Å². The summed E-state index contributed by atoms with van der Waals surface area (Å²) in [6, 6.07) is 19.8. The summed E-state index contributed by atoms with van der Waals surface area (Å²) < 4.78 is 7.75. The average Bonchev–Trinajstić information content (AvgIpc) is 3.36. The van der Waals surface area contributed by atoms with E-state index in [2.05, 4.69) is 5.10 Å². The van der Waals surface area contributed by atoms with E-state index >= 15 is 0 Å². The van der Waals surface area contributed by atoms with Crippen molar-refractivity contribution in [2.45, 2.75) is 32.9 Å². The first-order chi connectivity index (χ1) is 19.0. The van der Waals surface area contributed by atoms with Crippen molar-refractivity contribution >= 4 is 17.7 Å². The van der Waals surface area contributed by atoms with Crippen LogP contribution >= 0.6 is 0 Å². The predicted molar refractivity (Wildman–Crippen MR) is 148 cm³/mol. The summed E-state index contributed by atoms with van der Waals surface area (Å²) in [6.07, 6.45) is 3.44. The number of hydrogen-bond donors (Lipinski definition) is 0. The first-order valence-corrected chi connectivity index (χ1v) is 13.5. The zero-order chi connectivity index (χ0) is 27.6. The van der Waals surface area contributed by atoms with Gasteiger partial charge in [-0.1, -0.05) is 60.7 Å². The van der Waals surface area contributed by atoms with E-state index in [4.69, 9.17) is 4.74 Å². The Bertz CT molecular complexity index is 1230. The molecule has 0 aliphatic carbocycles. The van der Waals surface area contributed by atoms with Crippen molar-refractivity contribution in [2.24, 2.45) is 0 Å². The first kappa shape index (κ1) is 28.0. The Labute approximate surface area is 229 Å². The van der Waals surface area contributed by atoms with E-state index < -0.39 is 6.10 Å². The van der Waals surface area contributed by atoms with E-state index in [1.807, 2.05) is 74.5 Å². The van der Waals surface area contributed by atoms with Crippen LogP contribution in [0.4, 0.5) is 0 Å². The molecule has 0 saturated carbocycles. The molecule has 1 unspecified atom stereocenters. The van der Waals surface area contributed by atoms with Gasteiger partial charge in [-0.3, -0.25) is 19.1 Å². The second kappa shape index (κ2) is 13.7. The highest BCUT2D eigenvalue weighted by Gasteiger charge is 2.32. The lowest BCUT2D eigenvalue weighted by Gasteiger charge is -2.26. The highest BCUT2D eigenvalue weighted by Crippen LogP contribution is 2.14. The second-order valence-electron chi connectivity index (χ2n) is 9.67. The molecule has 0 N–H and O–H groups in total. The molecule has 1 fully saturated rings. The third-order valence-electron chi connectivity index (χ3n) is 6.95. The highest BCUT2D eigenvalue weighted by atomic mass is 16.5. The van der Waals surface area contributed by atoms with Crippen molar-refractivity contribution in [3.8, 4) is 0 Å². The van der Waals surface area contributed by atoms with Crippen molar-refractivity contribution in [3.05, 3.63) is 89.7 Å². The lowest BCUT2D eigenvalue weighted by atomic mass is 10.1. The maximum Gasteiger partial charge on any atom is 0.257 e. The zero-order valence-corrected chi connectivity index (χ0v) is 22.7. The Morgan fingerprint density at radius 2 is 1.64 bits per heavy atom. The van der Waals surface area contributed by atoms with Gasteiger partial charge >= 0.3 is 0 Å². The van der Waals surface area contributed by atoms with Crippen LogP contribution in [0.3, 0.4) is 0 Å². The van der Waals surface area contributed by atoms with Gasteiger partial charge in [0.15, 0.2) is 0 Å². The fourth-order valence-corrected chi connectivity index (χ4v) is 4.73. The summed E-state index contributed by atoms with van der Waals surface area (Å²) in [5.74, 6) is -0.528. The number of hydrogen-bond acceptors (Lipinski definition) is 5. The summed E-state index contributed by atoms with van der Waals surface area (Å²) in [4.78, 5) is 44.4. The molecule has 3 aromatic rings. The summed E-state index contributed by atoms with van der Waals surface area (Å²) in [5.41, 5.74) is 2.61. The topological polar surface area (TPSA) is 88.0 Å². The standard InChI is InChI=1S/C30H37N5O4/c1-3-32(4-2)29(37)23-39-27-20-33(16-15-24-11-7-5-8-12-24)28(36)22-34(21-27)30(38)26-17-31-35(19-26)18-25-13-9-6-10-14-25/h5-14,17,19,27H,3-4,15-16,18,20-23H2,1-2H3. The van der Waals surface area contributed by atoms with E-state index in [9.17, 15) is 14.4 Å². The van der Waals surface area contributed by atoms with Gasteiger partial charge in [-0.25, -0.2) is 0 Å². The van der Waals surface area contributed by atoms with E-state index in [1.165, 1.54) is 11.1 Å². The van der Waals surface area contributed by atoms with Gasteiger partial charge in [0.1, 0.15) is 13.2 Å². The Morgan fingerprint density at radius 1 is 0.974 bits per heavy atom. The number of rotatable bonds is 11. The molecule has 3 amide bonds. The SMILES string of the molecule is CCN(CC)C(=O)COC1CN(CCc2ccccc2)C(=O)CN(C(=O)c2cnn(Cc3ccccc3)c2)C1. The van der Waals surface area contributed by atoms with Crippen LogP contribution < -0.4 is 0 Å². The molecule has 4 rings (SSSR count).